The largest absolute Gasteiger partial charge is 0.426 e. The van der Waals surface area contributed by atoms with Crippen LogP contribution in [0.5, 0.6) is 5.75 Å². The Morgan fingerprint density at radius 2 is 1.64 bits per heavy atom. The van der Waals surface area contributed by atoms with Crippen LogP contribution in [0.3, 0.4) is 0 Å². The molecule has 0 atom stereocenters. The van der Waals surface area contributed by atoms with Crippen LogP contribution in [0.15, 0.2) is 48.5 Å². The van der Waals surface area contributed by atoms with Gasteiger partial charge in [-0.05, 0) is 35.7 Å². The van der Waals surface area contributed by atoms with Gasteiger partial charge in [0.2, 0.25) is 0 Å². The predicted molar refractivity (Wildman–Crippen MR) is 92.6 cm³/mol. The van der Waals surface area contributed by atoms with Crippen LogP contribution in [0.2, 0.25) is 0 Å². The summed E-state index contributed by atoms with van der Waals surface area (Å²) in [5.41, 5.74) is 1.83. The van der Waals surface area contributed by atoms with Crippen molar-refractivity contribution in [2.24, 2.45) is 0 Å². The maximum atomic E-state index is 12.3. The number of esters is 1. The lowest BCUT2D eigenvalue weighted by Gasteiger charge is -2.13. The van der Waals surface area contributed by atoms with E-state index in [2.05, 4.69) is 13.8 Å². The van der Waals surface area contributed by atoms with E-state index in [1.165, 1.54) is 0 Å². The molecule has 2 aromatic rings. The first-order valence-corrected chi connectivity index (χ1v) is 8.23. The molecule has 1 heterocycles. The number of benzene rings is 2. The van der Waals surface area contributed by atoms with Crippen molar-refractivity contribution in [1.82, 2.24) is 4.90 Å². The molecule has 0 N–H and O–H groups in total. The van der Waals surface area contributed by atoms with Crippen LogP contribution in [0.25, 0.3) is 0 Å². The number of nitrogens with zero attached hydrogens (tertiary/aromatic N) is 1. The number of carbonyl (C=O) groups excluding carboxylic acids is 3. The van der Waals surface area contributed by atoms with Crippen LogP contribution in [-0.4, -0.2) is 29.2 Å². The highest BCUT2D eigenvalue weighted by molar-refractivity contribution is 6.21. The van der Waals surface area contributed by atoms with Crippen molar-refractivity contribution in [2.45, 2.75) is 26.2 Å². The van der Waals surface area contributed by atoms with Crippen LogP contribution in [-0.2, 0) is 4.79 Å². The third kappa shape index (κ3) is 3.45. The number of carbonyl (C=O) groups is 3. The van der Waals surface area contributed by atoms with Crippen molar-refractivity contribution < 1.29 is 19.1 Å². The molecule has 0 aromatic heterocycles. The van der Waals surface area contributed by atoms with Crippen LogP contribution in [0, 0.1) is 0 Å². The Hall–Kier alpha value is -2.95. The Kier molecular flexibility index (Phi) is 4.65. The molecule has 0 saturated carbocycles. The molecule has 0 radical (unpaired) electrons. The van der Waals surface area contributed by atoms with Gasteiger partial charge in [0, 0.05) is 6.54 Å². The van der Waals surface area contributed by atoms with Crippen molar-refractivity contribution in [1.29, 1.82) is 0 Å². The van der Waals surface area contributed by atoms with Gasteiger partial charge >= 0.3 is 5.97 Å². The second-order valence-corrected chi connectivity index (χ2v) is 6.26. The van der Waals surface area contributed by atoms with Crippen molar-refractivity contribution in [3.63, 3.8) is 0 Å². The lowest BCUT2D eigenvalue weighted by atomic mass is 10.0. The predicted octanol–water partition coefficient (Wildman–Crippen LogP) is 3.40. The normalized spacial score (nSPS) is 13.3. The fraction of sp³-hybridized carbons (Fsp3) is 0.250. The van der Waals surface area contributed by atoms with Gasteiger partial charge in [0.15, 0.2) is 0 Å². The average molecular weight is 337 g/mol. The summed E-state index contributed by atoms with van der Waals surface area (Å²) in [7, 11) is 0. The average Bonchev–Trinajstić information content (AvgIpc) is 2.85. The van der Waals surface area contributed by atoms with Crippen molar-refractivity contribution in [3.05, 3.63) is 65.2 Å². The Balaban J connectivity index is 1.61. The Morgan fingerprint density at radius 1 is 1.00 bits per heavy atom. The molecule has 0 fully saturated rings. The first-order chi connectivity index (χ1) is 12.0. The quantitative estimate of drug-likeness (QED) is 0.476. The number of imide groups is 1. The Bertz CT molecular complexity index is 806. The summed E-state index contributed by atoms with van der Waals surface area (Å²) in [6, 6.07) is 14.0. The second kappa shape index (κ2) is 6.89. The molecule has 2 amide bonds. The van der Waals surface area contributed by atoms with Crippen LogP contribution in [0.4, 0.5) is 0 Å². The highest BCUT2D eigenvalue weighted by Gasteiger charge is 2.35. The van der Waals surface area contributed by atoms with Gasteiger partial charge in [-0.3, -0.25) is 19.3 Å². The minimum Gasteiger partial charge on any atom is -0.426 e. The highest BCUT2D eigenvalue weighted by atomic mass is 16.5. The van der Waals surface area contributed by atoms with E-state index in [0.717, 1.165) is 10.5 Å². The minimum atomic E-state index is -0.475. The summed E-state index contributed by atoms with van der Waals surface area (Å²) < 4.78 is 5.32. The first kappa shape index (κ1) is 16.9. The van der Waals surface area contributed by atoms with Gasteiger partial charge in [0.05, 0.1) is 17.5 Å². The number of ether oxygens (including phenoxy) is 1. The number of hydrogen-bond acceptors (Lipinski definition) is 4. The summed E-state index contributed by atoms with van der Waals surface area (Å²) in [5, 5.41) is 0. The van der Waals surface area contributed by atoms with Gasteiger partial charge < -0.3 is 4.74 Å². The second-order valence-electron chi connectivity index (χ2n) is 6.26. The molecule has 0 unspecified atom stereocenters. The maximum Gasteiger partial charge on any atom is 0.312 e. The van der Waals surface area contributed by atoms with Gasteiger partial charge in [0.25, 0.3) is 11.8 Å². The van der Waals surface area contributed by atoms with E-state index in [9.17, 15) is 14.4 Å². The molecule has 25 heavy (non-hydrogen) atoms. The van der Waals surface area contributed by atoms with Crippen LogP contribution in [0.1, 0.15) is 52.5 Å². The molecule has 0 spiro atoms. The van der Waals surface area contributed by atoms with E-state index in [1.807, 2.05) is 18.2 Å². The van der Waals surface area contributed by atoms with E-state index in [-0.39, 0.29) is 24.8 Å². The zero-order valence-corrected chi connectivity index (χ0v) is 14.2. The molecule has 0 saturated heterocycles. The number of fused-ring (bicyclic) bond motifs is 1. The van der Waals surface area contributed by atoms with Crippen LogP contribution < -0.4 is 4.74 Å². The molecule has 0 bridgehead atoms. The molecule has 128 valence electrons. The SMILES string of the molecule is CC(C)c1cccc(OC(=O)CCN2C(=O)c3ccccc3C2=O)c1. The number of hydrogen-bond donors (Lipinski definition) is 0. The zero-order chi connectivity index (χ0) is 18.0. The van der Waals surface area contributed by atoms with E-state index in [0.29, 0.717) is 22.8 Å². The maximum absolute atomic E-state index is 12.3. The molecular weight excluding hydrogens is 318 g/mol. The fourth-order valence-corrected chi connectivity index (χ4v) is 2.76. The molecule has 3 rings (SSSR count). The minimum absolute atomic E-state index is 0.00898. The third-order valence-corrected chi connectivity index (χ3v) is 4.17. The van der Waals surface area contributed by atoms with Gasteiger partial charge in [-0.2, -0.15) is 0 Å². The Morgan fingerprint density at radius 3 is 2.24 bits per heavy atom. The van der Waals surface area contributed by atoms with E-state index in [4.69, 9.17) is 4.74 Å². The van der Waals surface area contributed by atoms with Crippen molar-refractivity contribution in [3.8, 4) is 5.75 Å². The topological polar surface area (TPSA) is 63.7 Å². The lowest BCUT2D eigenvalue weighted by molar-refractivity contribution is -0.134. The molecule has 5 heteroatoms. The molecular formula is C20H19NO4. The van der Waals surface area contributed by atoms with Gasteiger partial charge in [0.1, 0.15) is 5.75 Å². The van der Waals surface area contributed by atoms with Crippen molar-refractivity contribution >= 4 is 17.8 Å². The van der Waals surface area contributed by atoms with Crippen LogP contribution >= 0.6 is 0 Å². The first-order valence-electron chi connectivity index (χ1n) is 8.23. The summed E-state index contributed by atoms with van der Waals surface area (Å²) >= 11 is 0. The molecule has 2 aromatic carbocycles. The smallest absolute Gasteiger partial charge is 0.312 e. The van der Waals surface area contributed by atoms with E-state index in [1.54, 1.807) is 30.3 Å². The lowest BCUT2D eigenvalue weighted by Crippen LogP contribution is -2.32. The zero-order valence-electron chi connectivity index (χ0n) is 14.2. The monoisotopic (exact) mass is 337 g/mol. The summed E-state index contributed by atoms with van der Waals surface area (Å²) in [6.07, 6.45) is -0.0443. The number of amides is 2. The van der Waals surface area contributed by atoms with E-state index < -0.39 is 5.97 Å². The fourth-order valence-electron chi connectivity index (χ4n) is 2.76. The van der Waals surface area contributed by atoms with Gasteiger partial charge in [-0.25, -0.2) is 0 Å². The summed E-state index contributed by atoms with van der Waals surface area (Å²) in [5.74, 6) is -0.404. The standard InChI is InChI=1S/C20H19NO4/c1-13(2)14-6-5-7-15(12-14)25-18(22)10-11-21-19(23)16-8-3-4-9-17(16)20(21)24/h3-9,12-13H,10-11H2,1-2H3. The molecule has 1 aliphatic heterocycles. The van der Waals surface area contributed by atoms with Gasteiger partial charge in [-0.1, -0.05) is 38.1 Å². The van der Waals surface area contributed by atoms with Crippen molar-refractivity contribution in [2.75, 3.05) is 6.54 Å². The summed E-state index contributed by atoms with van der Waals surface area (Å²) in [6.45, 7) is 4.13. The third-order valence-electron chi connectivity index (χ3n) is 4.17. The molecule has 5 nitrogen and oxygen atoms in total. The van der Waals surface area contributed by atoms with E-state index >= 15 is 0 Å². The highest BCUT2D eigenvalue weighted by Crippen LogP contribution is 2.23. The number of rotatable bonds is 5. The van der Waals surface area contributed by atoms with Gasteiger partial charge in [-0.15, -0.1) is 0 Å². The molecule has 0 aliphatic carbocycles. The summed E-state index contributed by atoms with van der Waals surface area (Å²) in [4.78, 5) is 37.7. The molecule has 1 aliphatic rings. The Labute approximate surface area is 146 Å².